The number of rotatable bonds is 6. The van der Waals surface area contributed by atoms with Crippen LogP contribution in [0.2, 0.25) is 0 Å². The topological polar surface area (TPSA) is 56.0 Å². The molecule has 0 radical (unpaired) electrons. The zero-order chi connectivity index (χ0) is 10.4. The summed E-state index contributed by atoms with van der Waals surface area (Å²) in [6.45, 7) is 2.67. The molecule has 1 aromatic heterocycles. The molecule has 0 saturated heterocycles. The van der Waals surface area contributed by atoms with Crippen molar-refractivity contribution in [3.05, 3.63) is 16.6 Å². The van der Waals surface area contributed by atoms with Crippen LogP contribution in [0.25, 0.3) is 0 Å². The molecule has 1 rings (SSSR count). The molecule has 1 atom stereocenters. The van der Waals surface area contributed by atoms with Crippen LogP contribution in [-0.4, -0.2) is 17.3 Å². The van der Waals surface area contributed by atoms with Gasteiger partial charge in [0.2, 0.25) is 0 Å². The van der Waals surface area contributed by atoms with Gasteiger partial charge in [0.15, 0.2) is 0 Å². The molecular weight excluding hydrogens is 196 g/mol. The number of carbonyl (C=O) groups excluding carboxylic acids is 1. The van der Waals surface area contributed by atoms with E-state index in [1.54, 1.807) is 11.7 Å². The molecule has 1 heterocycles. The maximum atomic E-state index is 11.6. The quantitative estimate of drug-likeness (QED) is 0.779. The van der Waals surface area contributed by atoms with Gasteiger partial charge in [0, 0.05) is 23.9 Å². The van der Waals surface area contributed by atoms with Crippen LogP contribution in [0.5, 0.6) is 0 Å². The molecule has 0 saturated carbocycles. The van der Waals surface area contributed by atoms with E-state index in [1.807, 2.05) is 0 Å². The summed E-state index contributed by atoms with van der Waals surface area (Å²) >= 11 is 1.53. The SMILES string of the molecule is CCC(CN)CC(=O)Cc1cncs1. The number of carbonyl (C=O) groups is 1. The van der Waals surface area contributed by atoms with Gasteiger partial charge in [0.1, 0.15) is 5.78 Å². The second-order valence-electron chi connectivity index (χ2n) is 3.40. The van der Waals surface area contributed by atoms with Crippen LogP contribution in [0.4, 0.5) is 0 Å². The zero-order valence-corrected chi connectivity index (χ0v) is 9.22. The Hall–Kier alpha value is -0.740. The first-order valence-electron chi connectivity index (χ1n) is 4.85. The molecule has 14 heavy (non-hydrogen) atoms. The molecular formula is C10H16N2OS. The molecule has 0 aliphatic carbocycles. The van der Waals surface area contributed by atoms with Crippen LogP contribution in [0.1, 0.15) is 24.6 Å². The minimum absolute atomic E-state index is 0.270. The molecule has 0 aliphatic rings. The first-order valence-corrected chi connectivity index (χ1v) is 5.73. The van der Waals surface area contributed by atoms with Crippen LogP contribution in [0.3, 0.4) is 0 Å². The molecule has 3 nitrogen and oxygen atoms in total. The fourth-order valence-corrected chi connectivity index (χ4v) is 1.94. The van der Waals surface area contributed by atoms with Gasteiger partial charge in [-0.2, -0.15) is 0 Å². The Labute approximate surface area is 88.3 Å². The molecule has 0 aliphatic heterocycles. The molecule has 0 aromatic carbocycles. The van der Waals surface area contributed by atoms with E-state index in [2.05, 4.69) is 11.9 Å². The van der Waals surface area contributed by atoms with Gasteiger partial charge in [-0.3, -0.25) is 9.78 Å². The van der Waals surface area contributed by atoms with Crippen LogP contribution in [0, 0.1) is 5.92 Å². The van der Waals surface area contributed by atoms with Crippen molar-refractivity contribution in [2.45, 2.75) is 26.2 Å². The Morgan fingerprint density at radius 1 is 1.71 bits per heavy atom. The molecule has 1 unspecified atom stereocenters. The molecule has 0 fully saturated rings. The predicted octanol–water partition coefficient (Wildman–Crippen LogP) is 1.63. The van der Waals surface area contributed by atoms with Gasteiger partial charge < -0.3 is 5.73 Å². The standard InChI is InChI=1S/C10H16N2OS/c1-2-8(5-11)3-9(13)4-10-6-12-7-14-10/h6-8H,2-5,11H2,1H3. The second-order valence-corrected chi connectivity index (χ2v) is 4.37. The number of nitrogens with two attached hydrogens (primary N) is 1. The summed E-state index contributed by atoms with van der Waals surface area (Å²) in [6.07, 6.45) is 3.85. The summed E-state index contributed by atoms with van der Waals surface area (Å²) < 4.78 is 0. The fraction of sp³-hybridized carbons (Fsp3) is 0.600. The van der Waals surface area contributed by atoms with Crippen molar-refractivity contribution < 1.29 is 4.79 Å². The third-order valence-electron chi connectivity index (χ3n) is 2.28. The first-order chi connectivity index (χ1) is 6.76. The van der Waals surface area contributed by atoms with Crippen LogP contribution >= 0.6 is 11.3 Å². The lowest BCUT2D eigenvalue weighted by Crippen LogP contribution is -2.18. The monoisotopic (exact) mass is 212 g/mol. The smallest absolute Gasteiger partial charge is 0.138 e. The van der Waals surface area contributed by atoms with Crippen molar-refractivity contribution >= 4 is 17.1 Å². The summed E-state index contributed by atoms with van der Waals surface area (Å²) in [4.78, 5) is 16.5. The lowest BCUT2D eigenvalue weighted by molar-refractivity contribution is -0.119. The Morgan fingerprint density at radius 3 is 3.00 bits per heavy atom. The van der Waals surface area contributed by atoms with E-state index >= 15 is 0 Å². The third-order valence-corrected chi connectivity index (χ3v) is 3.06. The van der Waals surface area contributed by atoms with Crippen molar-refractivity contribution in [1.29, 1.82) is 0 Å². The predicted molar refractivity (Wildman–Crippen MR) is 58.3 cm³/mol. The van der Waals surface area contributed by atoms with Crippen molar-refractivity contribution in [3.63, 3.8) is 0 Å². The summed E-state index contributed by atoms with van der Waals surface area (Å²) in [7, 11) is 0. The minimum atomic E-state index is 0.270. The number of Topliss-reactive ketones (excluding diaryl/α,β-unsaturated/α-hetero) is 1. The van der Waals surface area contributed by atoms with Crippen molar-refractivity contribution in [2.75, 3.05) is 6.54 Å². The van der Waals surface area contributed by atoms with E-state index in [1.165, 1.54) is 11.3 Å². The van der Waals surface area contributed by atoms with E-state index in [0.29, 0.717) is 25.3 Å². The van der Waals surface area contributed by atoms with Gasteiger partial charge >= 0.3 is 0 Å². The highest BCUT2D eigenvalue weighted by Crippen LogP contribution is 2.12. The lowest BCUT2D eigenvalue weighted by atomic mass is 9.98. The zero-order valence-electron chi connectivity index (χ0n) is 8.40. The van der Waals surface area contributed by atoms with Crippen LogP contribution in [-0.2, 0) is 11.2 Å². The maximum absolute atomic E-state index is 11.6. The largest absolute Gasteiger partial charge is 0.330 e. The number of hydrogen-bond acceptors (Lipinski definition) is 4. The molecule has 78 valence electrons. The van der Waals surface area contributed by atoms with Gasteiger partial charge in [-0.1, -0.05) is 13.3 Å². The van der Waals surface area contributed by atoms with Gasteiger partial charge in [-0.15, -0.1) is 11.3 Å². The minimum Gasteiger partial charge on any atom is -0.330 e. The first kappa shape index (κ1) is 11.3. The Kier molecular flexibility index (Phi) is 4.76. The molecule has 0 bridgehead atoms. The van der Waals surface area contributed by atoms with E-state index in [9.17, 15) is 4.79 Å². The number of aromatic nitrogens is 1. The van der Waals surface area contributed by atoms with Crippen LogP contribution < -0.4 is 5.73 Å². The van der Waals surface area contributed by atoms with E-state index < -0.39 is 0 Å². The average Bonchev–Trinajstić information content (AvgIpc) is 2.66. The Morgan fingerprint density at radius 2 is 2.50 bits per heavy atom. The molecule has 1 aromatic rings. The third kappa shape index (κ3) is 3.55. The second kappa shape index (κ2) is 5.88. The number of hydrogen-bond donors (Lipinski definition) is 1. The highest BCUT2D eigenvalue weighted by Gasteiger charge is 2.11. The van der Waals surface area contributed by atoms with Crippen molar-refractivity contribution in [2.24, 2.45) is 11.7 Å². The number of nitrogens with zero attached hydrogens (tertiary/aromatic N) is 1. The maximum Gasteiger partial charge on any atom is 0.138 e. The van der Waals surface area contributed by atoms with Gasteiger partial charge in [0.25, 0.3) is 0 Å². The van der Waals surface area contributed by atoms with E-state index in [0.717, 1.165) is 11.3 Å². The van der Waals surface area contributed by atoms with E-state index in [4.69, 9.17) is 5.73 Å². The summed E-state index contributed by atoms with van der Waals surface area (Å²) in [5, 5.41) is 0. The lowest BCUT2D eigenvalue weighted by Gasteiger charge is -2.09. The highest BCUT2D eigenvalue weighted by molar-refractivity contribution is 7.09. The average molecular weight is 212 g/mol. The molecule has 0 spiro atoms. The van der Waals surface area contributed by atoms with E-state index in [-0.39, 0.29) is 5.78 Å². The van der Waals surface area contributed by atoms with Gasteiger partial charge in [0.05, 0.1) is 5.51 Å². The molecule has 2 N–H and O–H groups in total. The van der Waals surface area contributed by atoms with Crippen molar-refractivity contribution in [1.82, 2.24) is 4.98 Å². The van der Waals surface area contributed by atoms with Crippen molar-refractivity contribution in [3.8, 4) is 0 Å². The Balaban J connectivity index is 2.35. The molecule has 4 heteroatoms. The van der Waals surface area contributed by atoms with Gasteiger partial charge in [-0.25, -0.2) is 0 Å². The number of ketones is 1. The molecule has 0 amide bonds. The summed E-state index contributed by atoms with van der Waals surface area (Å²) in [5.74, 6) is 0.613. The Bertz CT molecular complexity index is 268. The fourth-order valence-electron chi connectivity index (χ4n) is 1.31. The summed E-state index contributed by atoms with van der Waals surface area (Å²) in [6, 6.07) is 0. The van der Waals surface area contributed by atoms with Gasteiger partial charge in [-0.05, 0) is 12.5 Å². The highest BCUT2D eigenvalue weighted by atomic mass is 32.1. The normalized spacial score (nSPS) is 12.7. The number of thiazole rings is 1. The van der Waals surface area contributed by atoms with Crippen LogP contribution in [0.15, 0.2) is 11.7 Å². The summed E-state index contributed by atoms with van der Waals surface area (Å²) in [5.41, 5.74) is 7.30.